The zero-order chi connectivity index (χ0) is 12.0. The van der Waals surface area contributed by atoms with Gasteiger partial charge >= 0.3 is 0 Å². The van der Waals surface area contributed by atoms with Crippen LogP contribution in [0.25, 0.3) is 10.9 Å². The molecule has 88 valence electrons. The maximum absolute atomic E-state index is 12.3. The van der Waals surface area contributed by atoms with Crippen molar-refractivity contribution in [1.29, 1.82) is 0 Å². The summed E-state index contributed by atoms with van der Waals surface area (Å²) in [6.07, 6.45) is 1.20. The van der Waals surface area contributed by atoms with Crippen LogP contribution in [0.15, 0.2) is 29.1 Å². The molecule has 0 saturated heterocycles. The van der Waals surface area contributed by atoms with Crippen molar-refractivity contribution in [2.45, 2.75) is 19.9 Å². The van der Waals surface area contributed by atoms with Crippen molar-refractivity contribution in [1.82, 2.24) is 9.55 Å². The molecule has 1 saturated carbocycles. The normalized spacial score (nSPS) is 22.9. The van der Waals surface area contributed by atoms with E-state index in [9.17, 15) is 4.79 Å². The van der Waals surface area contributed by atoms with Gasteiger partial charge in [0.15, 0.2) is 4.77 Å². The van der Waals surface area contributed by atoms with Crippen LogP contribution >= 0.6 is 12.2 Å². The molecule has 0 amide bonds. The van der Waals surface area contributed by atoms with Crippen LogP contribution in [0.3, 0.4) is 0 Å². The summed E-state index contributed by atoms with van der Waals surface area (Å²) in [4.78, 5) is 15.4. The second kappa shape index (κ2) is 3.81. The smallest absolute Gasteiger partial charge is 0.262 e. The molecule has 0 bridgehead atoms. The number of aromatic amines is 1. The van der Waals surface area contributed by atoms with E-state index in [1.165, 1.54) is 6.42 Å². The van der Waals surface area contributed by atoms with E-state index in [4.69, 9.17) is 12.2 Å². The maximum atomic E-state index is 12.3. The first-order valence-electron chi connectivity index (χ1n) is 5.88. The fourth-order valence-corrected chi connectivity index (χ4v) is 2.52. The Morgan fingerprint density at radius 1 is 1.47 bits per heavy atom. The Morgan fingerprint density at radius 2 is 2.18 bits per heavy atom. The van der Waals surface area contributed by atoms with E-state index in [0.717, 1.165) is 23.4 Å². The summed E-state index contributed by atoms with van der Waals surface area (Å²) >= 11 is 5.26. The van der Waals surface area contributed by atoms with E-state index in [0.29, 0.717) is 10.7 Å². The van der Waals surface area contributed by atoms with Crippen molar-refractivity contribution < 1.29 is 0 Å². The van der Waals surface area contributed by atoms with Crippen LogP contribution in [-0.4, -0.2) is 9.55 Å². The van der Waals surface area contributed by atoms with Crippen LogP contribution in [0.5, 0.6) is 0 Å². The Bertz CT molecular complexity index is 686. The largest absolute Gasteiger partial charge is 0.332 e. The van der Waals surface area contributed by atoms with Gasteiger partial charge in [-0.3, -0.25) is 9.36 Å². The number of aromatic nitrogens is 2. The molecule has 2 atom stereocenters. The quantitative estimate of drug-likeness (QED) is 0.827. The average molecular weight is 246 g/mol. The van der Waals surface area contributed by atoms with Crippen LogP contribution in [0, 0.1) is 16.6 Å². The van der Waals surface area contributed by atoms with Gasteiger partial charge in [-0.25, -0.2) is 0 Å². The third-order valence-electron chi connectivity index (χ3n) is 3.58. The van der Waals surface area contributed by atoms with Gasteiger partial charge in [-0.2, -0.15) is 0 Å². The molecule has 1 aliphatic rings. The van der Waals surface area contributed by atoms with Gasteiger partial charge in [-0.15, -0.1) is 0 Å². The first-order chi connectivity index (χ1) is 8.16. The predicted octanol–water partition coefficient (Wildman–Crippen LogP) is 2.72. The molecule has 1 heterocycles. The lowest BCUT2D eigenvalue weighted by Crippen LogP contribution is -2.23. The zero-order valence-corrected chi connectivity index (χ0v) is 10.5. The van der Waals surface area contributed by atoms with Gasteiger partial charge in [0, 0.05) is 6.54 Å². The summed E-state index contributed by atoms with van der Waals surface area (Å²) in [6.45, 7) is 2.96. The molecule has 2 aromatic rings. The van der Waals surface area contributed by atoms with Crippen LogP contribution in [0.4, 0.5) is 0 Å². The molecular weight excluding hydrogens is 232 g/mol. The number of hydrogen-bond acceptors (Lipinski definition) is 2. The zero-order valence-electron chi connectivity index (χ0n) is 9.64. The van der Waals surface area contributed by atoms with Gasteiger partial charge in [-0.05, 0) is 42.6 Å². The molecule has 4 heteroatoms. The fraction of sp³-hybridized carbons (Fsp3) is 0.385. The summed E-state index contributed by atoms with van der Waals surface area (Å²) < 4.78 is 2.24. The summed E-state index contributed by atoms with van der Waals surface area (Å²) in [5.74, 6) is 1.34. The summed E-state index contributed by atoms with van der Waals surface area (Å²) in [5.41, 5.74) is 0.853. The molecule has 3 nitrogen and oxygen atoms in total. The maximum Gasteiger partial charge on any atom is 0.262 e. The number of hydrogen-bond donors (Lipinski definition) is 1. The molecule has 17 heavy (non-hydrogen) atoms. The molecule has 1 aromatic heterocycles. The van der Waals surface area contributed by atoms with Crippen molar-refractivity contribution in [2.75, 3.05) is 0 Å². The third-order valence-corrected chi connectivity index (χ3v) is 3.91. The van der Waals surface area contributed by atoms with Crippen LogP contribution in [0.2, 0.25) is 0 Å². The molecule has 1 aliphatic carbocycles. The summed E-state index contributed by atoms with van der Waals surface area (Å²) in [6, 6.07) is 7.51. The van der Waals surface area contributed by atoms with Gasteiger partial charge in [0.05, 0.1) is 10.9 Å². The molecule has 0 spiro atoms. The standard InChI is InChI=1S/C13H14N2OS/c1-8-6-9(8)7-15-12(16)10-4-2-3-5-11(10)14-13(15)17/h2-5,8-9H,6-7H2,1H3,(H,14,17). The number of benzene rings is 1. The lowest BCUT2D eigenvalue weighted by molar-refractivity contribution is 0.566. The molecular formula is C13H14N2OS. The highest BCUT2D eigenvalue weighted by Crippen LogP contribution is 2.38. The minimum absolute atomic E-state index is 0.0310. The highest BCUT2D eigenvalue weighted by atomic mass is 32.1. The minimum Gasteiger partial charge on any atom is -0.332 e. The van der Waals surface area contributed by atoms with E-state index in [-0.39, 0.29) is 5.56 Å². The Balaban J connectivity index is 2.17. The lowest BCUT2D eigenvalue weighted by atomic mass is 10.2. The Hall–Kier alpha value is -1.42. The number of H-pyrrole nitrogens is 1. The van der Waals surface area contributed by atoms with E-state index in [1.807, 2.05) is 24.3 Å². The molecule has 3 rings (SSSR count). The molecule has 1 N–H and O–H groups in total. The van der Waals surface area contributed by atoms with Gasteiger partial charge in [0.2, 0.25) is 0 Å². The van der Waals surface area contributed by atoms with E-state index in [2.05, 4.69) is 11.9 Å². The first-order valence-corrected chi connectivity index (χ1v) is 6.29. The SMILES string of the molecule is CC1CC1Cn1c(=S)[nH]c2ccccc2c1=O. The molecule has 2 unspecified atom stereocenters. The van der Waals surface area contributed by atoms with E-state index >= 15 is 0 Å². The first kappa shape index (κ1) is 10.7. The fourth-order valence-electron chi connectivity index (χ4n) is 2.25. The Labute approximate surface area is 104 Å². The van der Waals surface area contributed by atoms with Crippen LogP contribution in [-0.2, 0) is 6.54 Å². The van der Waals surface area contributed by atoms with Crippen molar-refractivity contribution >= 4 is 23.1 Å². The van der Waals surface area contributed by atoms with E-state index < -0.39 is 0 Å². The van der Waals surface area contributed by atoms with Gasteiger partial charge in [0.25, 0.3) is 5.56 Å². The number of para-hydroxylation sites is 1. The van der Waals surface area contributed by atoms with Gasteiger partial charge in [0.1, 0.15) is 0 Å². The number of fused-ring (bicyclic) bond motifs is 1. The minimum atomic E-state index is 0.0310. The van der Waals surface area contributed by atoms with Gasteiger partial charge < -0.3 is 4.98 Å². The van der Waals surface area contributed by atoms with Crippen molar-refractivity contribution in [3.63, 3.8) is 0 Å². The number of rotatable bonds is 2. The van der Waals surface area contributed by atoms with Crippen molar-refractivity contribution in [2.24, 2.45) is 11.8 Å². The summed E-state index contributed by atoms with van der Waals surface area (Å²) in [5, 5.41) is 0.717. The second-order valence-corrected chi connectivity index (χ2v) is 5.25. The highest BCUT2D eigenvalue weighted by Gasteiger charge is 2.33. The Kier molecular flexibility index (Phi) is 2.40. The number of nitrogens with zero attached hydrogens (tertiary/aromatic N) is 1. The van der Waals surface area contributed by atoms with Crippen LogP contribution in [0.1, 0.15) is 13.3 Å². The second-order valence-electron chi connectivity index (χ2n) is 4.86. The van der Waals surface area contributed by atoms with Crippen molar-refractivity contribution in [3.8, 4) is 0 Å². The lowest BCUT2D eigenvalue weighted by Gasteiger charge is -2.07. The van der Waals surface area contributed by atoms with Crippen molar-refractivity contribution in [3.05, 3.63) is 39.4 Å². The monoisotopic (exact) mass is 246 g/mol. The molecule has 1 fully saturated rings. The topological polar surface area (TPSA) is 37.8 Å². The highest BCUT2D eigenvalue weighted by molar-refractivity contribution is 7.71. The van der Waals surface area contributed by atoms with E-state index in [1.54, 1.807) is 4.57 Å². The predicted molar refractivity (Wildman–Crippen MR) is 70.7 cm³/mol. The molecule has 1 aromatic carbocycles. The average Bonchev–Trinajstić information content (AvgIpc) is 3.00. The Morgan fingerprint density at radius 3 is 2.88 bits per heavy atom. The number of nitrogens with one attached hydrogen (secondary N) is 1. The third kappa shape index (κ3) is 1.82. The summed E-state index contributed by atoms with van der Waals surface area (Å²) in [7, 11) is 0. The van der Waals surface area contributed by atoms with Crippen LogP contribution < -0.4 is 5.56 Å². The molecule has 0 aliphatic heterocycles. The van der Waals surface area contributed by atoms with Gasteiger partial charge in [-0.1, -0.05) is 19.1 Å². The molecule has 0 radical (unpaired) electrons.